The summed E-state index contributed by atoms with van der Waals surface area (Å²) in [6.07, 6.45) is 0. The fourth-order valence-corrected chi connectivity index (χ4v) is 1.69. The van der Waals surface area contributed by atoms with E-state index in [1.54, 1.807) is 18.2 Å². The van der Waals surface area contributed by atoms with Crippen molar-refractivity contribution in [3.05, 3.63) is 34.4 Å². The van der Waals surface area contributed by atoms with Gasteiger partial charge in [-0.3, -0.25) is 14.2 Å². The molecule has 0 bridgehead atoms. The van der Waals surface area contributed by atoms with E-state index in [1.807, 2.05) is 0 Å². The third-order valence-corrected chi connectivity index (χ3v) is 2.60. The van der Waals surface area contributed by atoms with E-state index in [0.717, 1.165) is 0 Å². The van der Waals surface area contributed by atoms with Crippen LogP contribution in [0.2, 0.25) is 0 Å². The van der Waals surface area contributed by atoms with Crippen molar-refractivity contribution in [3.63, 3.8) is 0 Å². The fourth-order valence-electron chi connectivity index (χ4n) is 1.69. The van der Waals surface area contributed by atoms with E-state index in [9.17, 15) is 9.59 Å². The third-order valence-electron chi connectivity index (χ3n) is 2.60. The average molecular weight is 232 g/mol. The first-order valence-electron chi connectivity index (χ1n) is 5.10. The summed E-state index contributed by atoms with van der Waals surface area (Å²) in [5.41, 5.74) is 0.237. The molecule has 0 spiro atoms. The summed E-state index contributed by atoms with van der Waals surface area (Å²) in [5, 5.41) is 0.471. The molecule has 17 heavy (non-hydrogen) atoms. The number of ether oxygens (including phenoxy) is 1. The number of carbonyl (C=O) groups is 1. The number of hydrogen-bond donors (Lipinski definition) is 0. The van der Waals surface area contributed by atoms with Crippen LogP contribution in [0, 0.1) is 0 Å². The molecule has 0 saturated heterocycles. The lowest BCUT2D eigenvalue weighted by Crippen LogP contribution is -2.24. The zero-order valence-corrected chi connectivity index (χ0v) is 9.85. The largest absolute Gasteiger partial charge is 0.497 e. The molecule has 0 amide bonds. The maximum Gasteiger partial charge on any atom is 0.261 e. The van der Waals surface area contributed by atoms with Crippen LogP contribution < -0.4 is 10.3 Å². The average Bonchev–Trinajstić information content (AvgIpc) is 2.32. The first-order valence-corrected chi connectivity index (χ1v) is 5.10. The second-order valence-electron chi connectivity index (χ2n) is 3.74. The van der Waals surface area contributed by atoms with E-state index < -0.39 is 0 Å². The molecule has 1 heterocycles. The van der Waals surface area contributed by atoms with Crippen LogP contribution in [0.25, 0.3) is 10.9 Å². The van der Waals surface area contributed by atoms with Crippen molar-refractivity contribution in [2.45, 2.75) is 6.92 Å². The number of benzene rings is 1. The Labute approximate surface area is 97.7 Å². The van der Waals surface area contributed by atoms with E-state index in [-0.39, 0.29) is 17.2 Å². The molecule has 0 unspecified atom stereocenters. The van der Waals surface area contributed by atoms with Crippen LogP contribution >= 0.6 is 0 Å². The second kappa shape index (κ2) is 4.01. The standard InChI is InChI=1S/C12H12N2O3/c1-7(15)11-13-10-6-8(17-3)4-5-9(10)12(16)14(11)2/h4-6H,1-3H3. The number of fused-ring (bicyclic) bond motifs is 1. The molecule has 0 radical (unpaired) electrons. The molecule has 5 nitrogen and oxygen atoms in total. The molecule has 0 fully saturated rings. The van der Waals surface area contributed by atoms with Gasteiger partial charge in [-0.25, -0.2) is 4.98 Å². The van der Waals surface area contributed by atoms with Crippen LogP contribution in [0.1, 0.15) is 17.5 Å². The Bertz CT molecular complexity index is 659. The highest BCUT2D eigenvalue weighted by Crippen LogP contribution is 2.16. The normalized spacial score (nSPS) is 10.5. The number of methoxy groups -OCH3 is 1. The molecule has 1 aromatic carbocycles. The zero-order valence-electron chi connectivity index (χ0n) is 9.85. The summed E-state index contributed by atoms with van der Waals surface area (Å²) < 4.78 is 6.32. The Hall–Kier alpha value is -2.17. The van der Waals surface area contributed by atoms with Crippen LogP contribution in [0.3, 0.4) is 0 Å². The number of aromatic nitrogens is 2. The first kappa shape index (κ1) is 11.3. The van der Waals surface area contributed by atoms with Crippen molar-refractivity contribution in [1.29, 1.82) is 0 Å². The SMILES string of the molecule is COc1ccc2c(=O)n(C)c(C(C)=O)nc2c1. The van der Waals surface area contributed by atoms with Crippen LogP contribution in [0.4, 0.5) is 0 Å². The summed E-state index contributed by atoms with van der Waals surface area (Å²) in [6.45, 7) is 1.38. The number of ketones is 1. The Morgan fingerprint density at radius 1 is 1.41 bits per heavy atom. The third kappa shape index (κ3) is 1.80. The summed E-state index contributed by atoms with van der Waals surface area (Å²) in [7, 11) is 3.07. The maximum absolute atomic E-state index is 12.0. The van der Waals surface area contributed by atoms with E-state index in [0.29, 0.717) is 16.7 Å². The van der Waals surface area contributed by atoms with Gasteiger partial charge in [0, 0.05) is 20.0 Å². The van der Waals surface area contributed by atoms with E-state index in [4.69, 9.17) is 4.74 Å². The smallest absolute Gasteiger partial charge is 0.261 e. The summed E-state index contributed by atoms with van der Waals surface area (Å²) >= 11 is 0. The topological polar surface area (TPSA) is 61.2 Å². The van der Waals surface area contributed by atoms with Crippen molar-refractivity contribution in [2.24, 2.45) is 7.05 Å². The minimum Gasteiger partial charge on any atom is -0.497 e. The Balaban J connectivity index is 2.86. The van der Waals surface area contributed by atoms with Gasteiger partial charge in [-0.1, -0.05) is 0 Å². The molecule has 88 valence electrons. The molecule has 0 saturated carbocycles. The quantitative estimate of drug-likeness (QED) is 0.728. The summed E-state index contributed by atoms with van der Waals surface area (Å²) in [6, 6.07) is 4.98. The maximum atomic E-state index is 12.0. The molecule has 1 aromatic heterocycles. The zero-order chi connectivity index (χ0) is 12.6. The van der Waals surface area contributed by atoms with Gasteiger partial charge in [0.15, 0.2) is 11.6 Å². The molecule has 5 heteroatoms. The molecule has 0 aliphatic rings. The van der Waals surface area contributed by atoms with Gasteiger partial charge in [0.05, 0.1) is 18.0 Å². The molecular formula is C12H12N2O3. The lowest BCUT2D eigenvalue weighted by molar-refractivity contribution is 0.0999. The van der Waals surface area contributed by atoms with E-state index in [1.165, 1.54) is 25.6 Å². The molecule has 0 atom stereocenters. The van der Waals surface area contributed by atoms with Crippen LogP contribution in [0.5, 0.6) is 5.75 Å². The highest BCUT2D eigenvalue weighted by molar-refractivity contribution is 5.93. The second-order valence-corrected chi connectivity index (χ2v) is 3.74. The lowest BCUT2D eigenvalue weighted by atomic mass is 10.2. The first-order chi connectivity index (χ1) is 8.04. The van der Waals surface area contributed by atoms with Crippen LogP contribution in [0.15, 0.2) is 23.0 Å². The molecule has 2 aromatic rings. The number of carbonyl (C=O) groups excluding carboxylic acids is 1. The highest BCUT2D eigenvalue weighted by Gasteiger charge is 2.11. The van der Waals surface area contributed by atoms with Gasteiger partial charge in [-0.05, 0) is 12.1 Å². The molecule has 0 N–H and O–H groups in total. The number of Topliss-reactive ketones (excluding diaryl/α,β-unsaturated/α-hetero) is 1. The van der Waals surface area contributed by atoms with Gasteiger partial charge in [-0.15, -0.1) is 0 Å². The monoisotopic (exact) mass is 232 g/mol. The van der Waals surface area contributed by atoms with Crippen LogP contribution in [-0.4, -0.2) is 22.4 Å². The van der Waals surface area contributed by atoms with Gasteiger partial charge < -0.3 is 4.74 Å². The minimum absolute atomic E-state index is 0.149. The molecular weight excluding hydrogens is 220 g/mol. The molecule has 0 aliphatic carbocycles. The van der Waals surface area contributed by atoms with Gasteiger partial charge in [-0.2, -0.15) is 0 Å². The van der Waals surface area contributed by atoms with E-state index >= 15 is 0 Å². The Morgan fingerprint density at radius 3 is 2.71 bits per heavy atom. The van der Waals surface area contributed by atoms with Gasteiger partial charge >= 0.3 is 0 Å². The van der Waals surface area contributed by atoms with Crippen molar-refractivity contribution >= 4 is 16.7 Å². The molecule has 2 rings (SSSR count). The Morgan fingerprint density at radius 2 is 2.12 bits per heavy atom. The van der Waals surface area contributed by atoms with Gasteiger partial charge in [0.1, 0.15) is 5.75 Å². The van der Waals surface area contributed by atoms with E-state index in [2.05, 4.69) is 4.98 Å². The number of rotatable bonds is 2. The molecule has 0 aliphatic heterocycles. The fraction of sp³-hybridized carbons (Fsp3) is 0.250. The Kier molecular flexibility index (Phi) is 2.67. The lowest BCUT2D eigenvalue weighted by Gasteiger charge is -2.07. The van der Waals surface area contributed by atoms with Crippen molar-refractivity contribution in [2.75, 3.05) is 7.11 Å². The number of nitrogens with zero attached hydrogens (tertiary/aromatic N) is 2. The predicted octanol–water partition coefficient (Wildman–Crippen LogP) is 1.14. The van der Waals surface area contributed by atoms with Crippen LogP contribution in [-0.2, 0) is 7.05 Å². The summed E-state index contributed by atoms with van der Waals surface area (Å²) in [5.74, 6) is 0.512. The van der Waals surface area contributed by atoms with Crippen molar-refractivity contribution in [1.82, 2.24) is 9.55 Å². The minimum atomic E-state index is -0.241. The highest BCUT2D eigenvalue weighted by atomic mass is 16.5. The summed E-state index contributed by atoms with van der Waals surface area (Å²) in [4.78, 5) is 27.5. The van der Waals surface area contributed by atoms with Crippen molar-refractivity contribution < 1.29 is 9.53 Å². The van der Waals surface area contributed by atoms with Crippen molar-refractivity contribution in [3.8, 4) is 5.75 Å². The predicted molar refractivity (Wildman–Crippen MR) is 63.5 cm³/mol. The van der Waals surface area contributed by atoms with Gasteiger partial charge in [0.2, 0.25) is 0 Å². The number of hydrogen-bond acceptors (Lipinski definition) is 4. The van der Waals surface area contributed by atoms with Gasteiger partial charge in [0.25, 0.3) is 5.56 Å².